The molecule has 0 radical (unpaired) electrons. The quantitative estimate of drug-likeness (QED) is 0.353. The van der Waals surface area contributed by atoms with Crippen molar-refractivity contribution < 1.29 is 9.59 Å². The highest BCUT2D eigenvalue weighted by atomic mass is 35.5. The second kappa shape index (κ2) is 8.88. The highest BCUT2D eigenvalue weighted by Crippen LogP contribution is 2.27. The number of halogens is 1. The fraction of sp³-hybridized carbons (Fsp3) is 0.125. The lowest BCUT2D eigenvalue weighted by Crippen LogP contribution is -2.25. The monoisotopic (exact) mass is 449 g/mol. The first kappa shape index (κ1) is 21.0. The molecule has 0 saturated heterocycles. The van der Waals surface area contributed by atoms with Crippen molar-refractivity contribution in [2.75, 3.05) is 7.05 Å². The van der Waals surface area contributed by atoms with E-state index in [1.807, 2.05) is 65.5 Å². The van der Waals surface area contributed by atoms with Gasteiger partial charge in [-0.2, -0.15) is 5.10 Å². The van der Waals surface area contributed by atoms with Gasteiger partial charge in [-0.1, -0.05) is 41.9 Å². The maximum Gasteiger partial charge on any atom is 0.263 e. The molecule has 2 aromatic carbocycles. The minimum Gasteiger partial charge on any atom is -0.337 e. The molecular formula is C24H20ClN3O2S. The van der Waals surface area contributed by atoms with Crippen LogP contribution >= 0.6 is 22.9 Å². The number of aromatic nitrogens is 2. The molecule has 4 rings (SSSR count). The first-order valence-corrected chi connectivity index (χ1v) is 10.9. The summed E-state index contributed by atoms with van der Waals surface area (Å²) < 4.78 is 1.82. The Morgan fingerprint density at radius 1 is 1.00 bits per heavy atom. The lowest BCUT2D eigenvalue weighted by Gasteiger charge is -2.16. The highest BCUT2D eigenvalue weighted by molar-refractivity contribution is 7.15. The van der Waals surface area contributed by atoms with E-state index < -0.39 is 0 Å². The zero-order chi connectivity index (χ0) is 22.0. The van der Waals surface area contributed by atoms with E-state index in [0.717, 1.165) is 22.5 Å². The van der Waals surface area contributed by atoms with E-state index in [4.69, 9.17) is 16.7 Å². The average molecular weight is 450 g/mol. The van der Waals surface area contributed by atoms with Crippen LogP contribution in [0.5, 0.6) is 0 Å². The molecule has 2 aromatic heterocycles. The van der Waals surface area contributed by atoms with Gasteiger partial charge in [-0.15, -0.1) is 11.3 Å². The van der Waals surface area contributed by atoms with Gasteiger partial charge >= 0.3 is 0 Å². The Kier molecular flexibility index (Phi) is 6.02. The van der Waals surface area contributed by atoms with E-state index in [0.29, 0.717) is 21.3 Å². The van der Waals surface area contributed by atoms with Crippen LogP contribution in [-0.4, -0.2) is 33.4 Å². The summed E-state index contributed by atoms with van der Waals surface area (Å²) in [5.41, 5.74) is 3.55. The molecule has 0 spiro atoms. The van der Waals surface area contributed by atoms with E-state index in [2.05, 4.69) is 0 Å². The summed E-state index contributed by atoms with van der Waals surface area (Å²) in [6.45, 7) is 1.87. The summed E-state index contributed by atoms with van der Waals surface area (Å²) in [5, 5.41) is 5.44. The fourth-order valence-electron chi connectivity index (χ4n) is 3.25. The molecule has 0 aliphatic heterocycles. The largest absolute Gasteiger partial charge is 0.337 e. The van der Waals surface area contributed by atoms with Crippen molar-refractivity contribution in [1.82, 2.24) is 14.7 Å². The van der Waals surface area contributed by atoms with E-state index in [1.165, 1.54) is 18.3 Å². The summed E-state index contributed by atoms with van der Waals surface area (Å²) in [6.07, 6.45) is 1.94. The van der Waals surface area contributed by atoms with Crippen LogP contribution in [-0.2, 0) is 6.54 Å². The Hall–Kier alpha value is -3.22. The third-order valence-corrected chi connectivity index (χ3v) is 6.27. The highest BCUT2D eigenvalue weighted by Gasteiger charge is 2.19. The van der Waals surface area contributed by atoms with Crippen LogP contribution in [0.4, 0.5) is 0 Å². The second-order valence-corrected chi connectivity index (χ2v) is 8.69. The molecule has 2 heterocycles. The Bertz CT molecular complexity index is 1230. The van der Waals surface area contributed by atoms with E-state index in [-0.39, 0.29) is 11.7 Å². The molecular weight excluding hydrogens is 430 g/mol. The molecule has 1 amide bonds. The van der Waals surface area contributed by atoms with Crippen molar-refractivity contribution in [3.63, 3.8) is 0 Å². The number of ketones is 1. The van der Waals surface area contributed by atoms with Gasteiger partial charge in [0.25, 0.3) is 5.91 Å². The van der Waals surface area contributed by atoms with E-state index in [9.17, 15) is 9.59 Å². The summed E-state index contributed by atoms with van der Waals surface area (Å²) in [6, 6.07) is 20.7. The molecule has 0 aliphatic rings. The number of carbonyl (C=O) groups is 2. The number of nitrogens with zero attached hydrogens (tertiary/aromatic N) is 3. The van der Waals surface area contributed by atoms with Gasteiger partial charge in [0.15, 0.2) is 5.78 Å². The topological polar surface area (TPSA) is 55.2 Å². The lowest BCUT2D eigenvalue weighted by molar-refractivity contribution is 0.0790. The summed E-state index contributed by atoms with van der Waals surface area (Å²) in [5.74, 6) is -0.173. The Labute approximate surface area is 189 Å². The number of thiophene rings is 1. The Morgan fingerprint density at radius 3 is 2.32 bits per heavy atom. The zero-order valence-electron chi connectivity index (χ0n) is 17.1. The number of rotatable bonds is 6. The van der Waals surface area contributed by atoms with Gasteiger partial charge in [0.2, 0.25) is 0 Å². The predicted octanol–water partition coefficient (Wildman–Crippen LogP) is 5.73. The maximum atomic E-state index is 12.9. The minimum atomic E-state index is -0.132. The standard InChI is InChI=1S/C24H20ClN3O2S/c1-16(29)21-12-13-22(31-21)24(30)27(2)14-18-15-28(20-6-4-3-5-7-20)26-23(18)17-8-10-19(25)11-9-17/h3-13,15H,14H2,1-2H3. The Balaban J connectivity index is 1.67. The molecule has 156 valence electrons. The number of Topliss-reactive ketones (excluding diaryl/α,β-unsaturated/α-hetero) is 1. The van der Waals surface area contributed by atoms with Crippen LogP contribution in [0.15, 0.2) is 72.9 Å². The summed E-state index contributed by atoms with van der Waals surface area (Å²) >= 11 is 7.27. The van der Waals surface area contributed by atoms with Gasteiger partial charge in [-0.05, 0) is 43.3 Å². The van der Waals surface area contributed by atoms with Gasteiger partial charge in [0, 0.05) is 35.9 Å². The SMILES string of the molecule is CC(=O)c1ccc(C(=O)N(C)Cc2cn(-c3ccccc3)nc2-c2ccc(Cl)cc2)s1. The van der Waals surface area contributed by atoms with Crippen LogP contribution in [0.3, 0.4) is 0 Å². The molecule has 0 aliphatic carbocycles. The van der Waals surface area contributed by atoms with Crippen LogP contribution in [0.2, 0.25) is 5.02 Å². The van der Waals surface area contributed by atoms with Gasteiger partial charge in [0.05, 0.1) is 21.1 Å². The number of hydrogen-bond donors (Lipinski definition) is 0. The van der Waals surface area contributed by atoms with Gasteiger partial charge in [-0.3, -0.25) is 9.59 Å². The van der Waals surface area contributed by atoms with Crippen molar-refractivity contribution in [1.29, 1.82) is 0 Å². The molecule has 0 atom stereocenters. The summed E-state index contributed by atoms with van der Waals surface area (Å²) in [4.78, 5) is 27.3. The number of carbonyl (C=O) groups excluding carboxylic acids is 2. The molecule has 5 nitrogen and oxygen atoms in total. The molecule has 31 heavy (non-hydrogen) atoms. The van der Waals surface area contributed by atoms with Crippen molar-refractivity contribution >= 4 is 34.6 Å². The molecule has 7 heteroatoms. The zero-order valence-corrected chi connectivity index (χ0v) is 18.7. The molecule has 0 saturated carbocycles. The predicted molar refractivity (Wildman–Crippen MR) is 124 cm³/mol. The number of benzene rings is 2. The van der Waals surface area contributed by atoms with Crippen LogP contribution in [0, 0.1) is 0 Å². The molecule has 0 N–H and O–H groups in total. The molecule has 0 fully saturated rings. The van der Waals surface area contributed by atoms with E-state index in [1.54, 1.807) is 24.1 Å². The minimum absolute atomic E-state index is 0.0409. The lowest BCUT2D eigenvalue weighted by atomic mass is 10.1. The number of hydrogen-bond acceptors (Lipinski definition) is 4. The maximum absolute atomic E-state index is 12.9. The third kappa shape index (κ3) is 4.60. The Morgan fingerprint density at radius 2 is 1.68 bits per heavy atom. The normalized spacial score (nSPS) is 10.8. The third-order valence-electron chi connectivity index (χ3n) is 4.85. The van der Waals surface area contributed by atoms with Gasteiger partial charge in [0.1, 0.15) is 0 Å². The average Bonchev–Trinajstić information content (AvgIpc) is 3.42. The van der Waals surface area contributed by atoms with Crippen LogP contribution in [0.1, 0.15) is 31.8 Å². The van der Waals surface area contributed by atoms with Crippen molar-refractivity contribution in [3.8, 4) is 16.9 Å². The number of para-hydroxylation sites is 1. The molecule has 4 aromatic rings. The first-order chi connectivity index (χ1) is 14.9. The van der Waals surface area contributed by atoms with Crippen molar-refractivity contribution in [2.45, 2.75) is 13.5 Å². The first-order valence-electron chi connectivity index (χ1n) is 9.68. The summed E-state index contributed by atoms with van der Waals surface area (Å²) in [7, 11) is 1.75. The van der Waals surface area contributed by atoms with Crippen molar-refractivity contribution in [3.05, 3.63) is 93.3 Å². The second-order valence-electron chi connectivity index (χ2n) is 7.17. The number of amides is 1. The molecule has 0 unspecified atom stereocenters. The van der Waals surface area contributed by atoms with E-state index >= 15 is 0 Å². The van der Waals surface area contributed by atoms with Crippen LogP contribution < -0.4 is 0 Å². The fourth-order valence-corrected chi connectivity index (χ4v) is 4.27. The van der Waals surface area contributed by atoms with Crippen molar-refractivity contribution in [2.24, 2.45) is 0 Å². The smallest absolute Gasteiger partial charge is 0.263 e. The van der Waals surface area contributed by atoms with Crippen LogP contribution in [0.25, 0.3) is 16.9 Å². The molecule has 0 bridgehead atoms. The van der Waals surface area contributed by atoms with Gasteiger partial charge in [-0.25, -0.2) is 4.68 Å². The van der Waals surface area contributed by atoms with Gasteiger partial charge < -0.3 is 4.90 Å².